The Kier molecular flexibility index (Phi) is 5.10. The summed E-state index contributed by atoms with van der Waals surface area (Å²) in [7, 11) is 0. The van der Waals surface area contributed by atoms with Crippen LogP contribution < -0.4 is 5.32 Å². The molecule has 0 radical (unpaired) electrons. The number of nitrogens with zero attached hydrogens (tertiary/aromatic N) is 1. The Balaban J connectivity index is 2.53. The second-order valence-corrected chi connectivity index (χ2v) is 4.16. The number of anilines is 1. The van der Waals surface area contributed by atoms with Crippen molar-refractivity contribution in [3.05, 3.63) is 28.8 Å². The van der Waals surface area contributed by atoms with E-state index in [0.717, 1.165) is 25.1 Å². The fraction of sp³-hybridized carbons (Fsp3) is 0.417. The van der Waals surface area contributed by atoms with Gasteiger partial charge in [0.2, 0.25) is 0 Å². The van der Waals surface area contributed by atoms with Gasteiger partial charge in [0.15, 0.2) is 0 Å². The standard InChI is InChI=1S/C12H15ClN2O/c1-9(16)3-2-6-15-12-7-11(13)5-4-10(12)8-14/h4-5,7,9,15-16H,2-3,6H2,1H3. The molecule has 1 aromatic carbocycles. The zero-order chi connectivity index (χ0) is 12.0. The Labute approximate surface area is 101 Å². The van der Waals surface area contributed by atoms with Crippen molar-refractivity contribution in [2.75, 3.05) is 11.9 Å². The zero-order valence-electron chi connectivity index (χ0n) is 9.20. The molecular formula is C12H15ClN2O. The maximum atomic E-state index is 9.09. The van der Waals surface area contributed by atoms with Gasteiger partial charge >= 0.3 is 0 Å². The summed E-state index contributed by atoms with van der Waals surface area (Å²) in [6.45, 7) is 2.49. The van der Waals surface area contributed by atoms with Gasteiger partial charge in [0, 0.05) is 11.6 Å². The van der Waals surface area contributed by atoms with E-state index >= 15 is 0 Å². The molecule has 0 aliphatic heterocycles. The Morgan fingerprint density at radius 3 is 2.94 bits per heavy atom. The molecular weight excluding hydrogens is 224 g/mol. The van der Waals surface area contributed by atoms with Crippen molar-refractivity contribution in [2.24, 2.45) is 0 Å². The summed E-state index contributed by atoms with van der Waals surface area (Å²) in [4.78, 5) is 0. The van der Waals surface area contributed by atoms with Crippen molar-refractivity contribution in [3.63, 3.8) is 0 Å². The van der Waals surface area contributed by atoms with Gasteiger partial charge < -0.3 is 10.4 Å². The van der Waals surface area contributed by atoms with Crippen LogP contribution in [0.2, 0.25) is 5.02 Å². The zero-order valence-corrected chi connectivity index (χ0v) is 9.96. The van der Waals surface area contributed by atoms with Crippen LogP contribution in [0.25, 0.3) is 0 Å². The smallest absolute Gasteiger partial charge is 0.101 e. The first-order chi connectivity index (χ1) is 7.63. The lowest BCUT2D eigenvalue weighted by Gasteiger charge is -2.09. The molecule has 2 N–H and O–H groups in total. The van der Waals surface area contributed by atoms with Crippen LogP contribution >= 0.6 is 11.6 Å². The van der Waals surface area contributed by atoms with Gasteiger partial charge in [-0.2, -0.15) is 5.26 Å². The number of nitrogens with one attached hydrogen (secondary N) is 1. The first-order valence-electron chi connectivity index (χ1n) is 5.25. The fourth-order valence-electron chi connectivity index (χ4n) is 1.38. The number of benzene rings is 1. The van der Waals surface area contributed by atoms with Crippen LogP contribution in [-0.4, -0.2) is 17.8 Å². The van der Waals surface area contributed by atoms with Gasteiger partial charge in [0.1, 0.15) is 6.07 Å². The van der Waals surface area contributed by atoms with E-state index in [9.17, 15) is 0 Å². The Bertz CT molecular complexity index is 385. The second kappa shape index (κ2) is 6.37. The van der Waals surface area contributed by atoms with E-state index in [0.29, 0.717) is 10.6 Å². The lowest BCUT2D eigenvalue weighted by Crippen LogP contribution is -2.07. The van der Waals surface area contributed by atoms with Gasteiger partial charge in [0.05, 0.1) is 17.4 Å². The van der Waals surface area contributed by atoms with Crippen LogP contribution in [0.4, 0.5) is 5.69 Å². The molecule has 0 heterocycles. The summed E-state index contributed by atoms with van der Waals surface area (Å²) in [5.74, 6) is 0. The van der Waals surface area contributed by atoms with Gasteiger partial charge in [-0.3, -0.25) is 0 Å². The summed E-state index contributed by atoms with van der Waals surface area (Å²) in [5.41, 5.74) is 1.34. The summed E-state index contributed by atoms with van der Waals surface area (Å²) in [6, 6.07) is 7.23. The first-order valence-corrected chi connectivity index (χ1v) is 5.63. The first kappa shape index (κ1) is 12.8. The lowest BCUT2D eigenvalue weighted by molar-refractivity contribution is 0.183. The molecule has 1 unspecified atom stereocenters. The van der Waals surface area contributed by atoms with E-state index in [-0.39, 0.29) is 6.10 Å². The van der Waals surface area contributed by atoms with Crippen LogP contribution in [0.1, 0.15) is 25.3 Å². The molecule has 0 fully saturated rings. The molecule has 0 saturated heterocycles. The number of hydrogen-bond donors (Lipinski definition) is 2. The normalized spacial score (nSPS) is 11.9. The predicted molar refractivity (Wildman–Crippen MR) is 65.6 cm³/mol. The molecule has 0 saturated carbocycles. The highest BCUT2D eigenvalue weighted by atomic mass is 35.5. The summed E-state index contributed by atoms with van der Waals surface area (Å²) in [6.07, 6.45) is 1.32. The molecule has 0 spiro atoms. The van der Waals surface area contributed by atoms with E-state index in [2.05, 4.69) is 11.4 Å². The molecule has 0 bridgehead atoms. The highest BCUT2D eigenvalue weighted by molar-refractivity contribution is 6.30. The molecule has 0 aliphatic rings. The van der Waals surface area contributed by atoms with E-state index in [4.69, 9.17) is 22.0 Å². The molecule has 0 amide bonds. The third-order valence-corrected chi connectivity index (χ3v) is 2.45. The van der Waals surface area contributed by atoms with Gasteiger partial charge in [-0.05, 0) is 38.0 Å². The number of halogens is 1. The quantitative estimate of drug-likeness (QED) is 0.776. The molecule has 1 aromatic rings. The van der Waals surface area contributed by atoms with Crippen LogP contribution in [0.3, 0.4) is 0 Å². The largest absolute Gasteiger partial charge is 0.393 e. The minimum Gasteiger partial charge on any atom is -0.393 e. The average molecular weight is 239 g/mol. The lowest BCUT2D eigenvalue weighted by atomic mass is 10.2. The summed E-state index contributed by atoms with van der Waals surface area (Å²) < 4.78 is 0. The average Bonchev–Trinajstić information content (AvgIpc) is 2.24. The summed E-state index contributed by atoms with van der Waals surface area (Å²) in [5, 5.41) is 21.7. The maximum Gasteiger partial charge on any atom is 0.101 e. The van der Waals surface area contributed by atoms with Gasteiger partial charge in [-0.25, -0.2) is 0 Å². The molecule has 0 aromatic heterocycles. The third kappa shape index (κ3) is 4.09. The third-order valence-electron chi connectivity index (χ3n) is 2.22. The Morgan fingerprint density at radius 2 is 2.31 bits per heavy atom. The van der Waals surface area contributed by atoms with Crippen molar-refractivity contribution in [1.29, 1.82) is 5.26 Å². The molecule has 1 rings (SSSR count). The summed E-state index contributed by atoms with van der Waals surface area (Å²) >= 11 is 5.85. The van der Waals surface area contributed by atoms with Crippen LogP contribution in [0.15, 0.2) is 18.2 Å². The molecule has 1 atom stereocenters. The number of hydrogen-bond acceptors (Lipinski definition) is 3. The SMILES string of the molecule is CC(O)CCCNc1cc(Cl)ccc1C#N. The number of nitriles is 1. The highest BCUT2D eigenvalue weighted by Gasteiger charge is 2.02. The van der Waals surface area contributed by atoms with Gasteiger partial charge in [0.25, 0.3) is 0 Å². The maximum absolute atomic E-state index is 9.09. The number of aliphatic hydroxyl groups is 1. The highest BCUT2D eigenvalue weighted by Crippen LogP contribution is 2.20. The van der Waals surface area contributed by atoms with Crippen molar-refractivity contribution in [2.45, 2.75) is 25.9 Å². The minimum absolute atomic E-state index is 0.281. The van der Waals surface area contributed by atoms with Crippen LogP contribution in [0.5, 0.6) is 0 Å². The Morgan fingerprint density at radius 1 is 1.56 bits per heavy atom. The van der Waals surface area contributed by atoms with E-state index in [1.54, 1.807) is 25.1 Å². The van der Waals surface area contributed by atoms with Crippen molar-refractivity contribution in [1.82, 2.24) is 0 Å². The predicted octanol–water partition coefficient (Wildman–Crippen LogP) is 2.78. The van der Waals surface area contributed by atoms with Crippen LogP contribution in [0, 0.1) is 11.3 Å². The van der Waals surface area contributed by atoms with E-state index < -0.39 is 0 Å². The van der Waals surface area contributed by atoms with Gasteiger partial charge in [-0.1, -0.05) is 11.6 Å². The fourth-order valence-corrected chi connectivity index (χ4v) is 1.55. The van der Waals surface area contributed by atoms with Crippen molar-refractivity contribution >= 4 is 17.3 Å². The van der Waals surface area contributed by atoms with Crippen molar-refractivity contribution < 1.29 is 5.11 Å². The minimum atomic E-state index is -0.281. The number of rotatable bonds is 5. The van der Waals surface area contributed by atoms with E-state index in [1.807, 2.05) is 0 Å². The van der Waals surface area contributed by atoms with Gasteiger partial charge in [-0.15, -0.1) is 0 Å². The topological polar surface area (TPSA) is 56.0 Å². The van der Waals surface area contributed by atoms with E-state index in [1.165, 1.54) is 0 Å². The molecule has 86 valence electrons. The molecule has 4 heteroatoms. The Hall–Kier alpha value is -1.24. The second-order valence-electron chi connectivity index (χ2n) is 3.72. The molecule has 3 nitrogen and oxygen atoms in total. The molecule has 16 heavy (non-hydrogen) atoms. The van der Waals surface area contributed by atoms with Crippen molar-refractivity contribution in [3.8, 4) is 6.07 Å². The molecule has 0 aliphatic carbocycles. The monoisotopic (exact) mass is 238 g/mol. The number of aliphatic hydroxyl groups excluding tert-OH is 1. The van der Waals surface area contributed by atoms with Crippen LogP contribution in [-0.2, 0) is 0 Å².